The lowest BCUT2D eigenvalue weighted by atomic mass is 10.1. The van der Waals surface area contributed by atoms with Crippen molar-refractivity contribution in [3.05, 3.63) is 35.1 Å². The van der Waals surface area contributed by atoms with E-state index in [1.54, 1.807) is 13.2 Å². The van der Waals surface area contributed by atoms with E-state index in [4.69, 9.17) is 4.74 Å². The second kappa shape index (κ2) is 5.46. The second-order valence-electron chi connectivity index (χ2n) is 3.05. The summed E-state index contributed by atoms with van der Waals surface area (Å²) in [5, 5.41) is 0. The number of hydrogen-bond donors (Lipinski definition) is 0. The number of ether oxygens (including phenoxy) is 2. The van der Waals surface area contributed by atoms with Gasteiger partial charge in [-0.2, -0.15) is 0 Å². The van der Waals surface area contributed by atoms with E-state index in [1.807, 2.05) is 0 Å². The maximum Gasteiger partial charge on any atom is 0.340 e. The number of methoxy groups -OCH3 is 2. The molecule has 82 valence electrons. The van der Waals surface area contributed by atoms with E-state index in [0.29, 0.717) is 13.0 Å². The Morgan fingerprint density at radius 1 is 1.40 bits per heavy atom. The largest absolute Gasteiger partial charge is 0.465 e. The zero-order valence-corrected chi connectivity index (χ0v) is 8.75. The lowest BCUT2D eigenvalue weighted by molar-refractivity contribution is 0.0595. The van der Waals surface area contributed by atoms with E-state index in [-0.39, 0.29) is 5.56 Å². The molecular formula is C11H13FO3. The maximum atomic E-state index is 13.2. The van der Waals surface area contributed by atoms with Gasteiger partial charge < -0.3 is 9.47 Å². The number of rotatable bonds is 4. The average molecular weight is 212 g/mol. The Labute approximate surface area is 87.8 Å². The number of esters is 1. The third-order valence-corrected chi connectivity index (χ3v) is 2.03. The molecule has 0 heterocycles. The van der Waals surface area contributed by atoms with Crippen LogP contribution in [-0.4, -0.2) is 26.8 Å². The molecule has 0 unspecified atom stereocenters. The molecule has 0 bridgehead atoms. The van der Waals surface area contributed by atoms with Crippen molar-refractivity contribution in [2.75, 3.05) is 20.8 Å². The second-order valence-corrected chi connectivity index (χ2v) is 3.05. The molecule has 0 radical (unpaired) electrons. The van der Waals surface area contributed by atoms with Crippen molar-refractivity contribution in [2.24, 2.45) is 0 Å². The van der Waals surface area contributed by atoms with Crippen molar-refractivity contribution in [3.8, 4) is 0 Å². The predicted molar refractivity (Wildman–Crippen MR) is 53.3 cm³/mol. The Kier molecular flexibility index (Phi) is 4.24. The first-order valence-electron chi connectivity index (χ1n) is 4.54. The molecule has 0 atom stereocenters. The highest BCUT2D eigenvalue weighted by atomic mass is 19.1. The Balaban J connectivity index is 2.89. The van der Waals surface area contributed by atoms with E-state index >= 15 is 0 Å². The van der Waals surface area contributed by atoms with Gasteiger partial charge in [-0.3, -0.25) is 0 Å². The molecular weight excluding hydrogens is 199 g/mol. The Bertz CT molecular complexity index is 350. The summed E-state index contributed by atoms with van der Waals surface area (Å²) < 4.78 is 22.6. The highest BCUT2D eigenvalue weighted by molar-refractivity contribution is 5.89. The van der Waals surface area contributed by atoms with Gasteiger partial charge in [-0.1, -0.05) is 6.07 Å². The highest BCUT2D eigenvalue weighted by Gasteiger charge is 2.12. The van der Waals surface area contributed by atoms with Crippen LogP contribution in [0.3, 0.4) is 0 Å². The Hall–Kier alpha value is -1.42. The molecule has 0 aromatic heterocycles. The smallest absolute Gasteiger partial charge is 0.340 e. The lowest BCUT2D eigenvalue weighted by Crippen LogP contribution is -2.06. The minimum absolute atomic E-state index is 0.0360. The van der Waals surface area contributed by atoms with Crippen LogP contribution in [0.1, 0.15) is 15.9 Å². The summed E-state index contributed by atoms with van der Waals surface area (Å²) >= 11 is 0. The van der Waals surface area contributed by atoms with Gasteiger partial charge in [0.15, 0.2) is 0 Å². The highest BCUT2D eigenvalue weighted by Crippen LogP contribution is 2.12. The fourth-order valence-corrected chi connectivity index (χ4v) is 1.21. The summed E-state index contributed by atoms with van der Waals surface area (Å²) in [6.45, 7) is 0.534. The molecule has 0 aliphatic heterocycles. The fourth-order valence-electron chi connectivity index (χ4n) is 1.21. The maximum absolute atomic E-state index is 13.2. The molecule has 0 spiro atoms. The SMILES string of the molecule is COCCc1ccc(F)c(C(=O)OC)c1. The predicted octanol–water partition coefficient (Wildman–Crippen LogP) is 1.80. The molecule has 3 nitrogen and oxygen atoms in total. The van der Waals surface area contributed by atoms with Gasteiger partial charge in [-0.15, -0.1) is 0 Å². The van der Waals surface area contributed by atoms with Crippen LogP contribution in [0.2, 0.25) is 0 Å². The van der Waals surface area contributed by atoms with Gasteiger partial charge in [-0.05, 0) is 24.1 Å². The van der Waals surface area contributed by atoms with Crippen LogP contribution in [-0.2, 0) is 15.9 Å². The first-order valence-corrected chi connectivity index (χ1v) is 4.54. The quantitative estimate of drug-likeness (QED) is 0.714. The molecule has 0 aliphatic rings. The summed E-state index contributed by atoms with van der Waals surface area (Å²) in [5.74, 6) is -1.23. The van der Waals surface area contributed by atoms with Gasteiger partial charge in [0.05, 0.1) is 19.3 Å². The van der Waals surface area contributed by atoms with Crippen LogP contribution in [0, 0.1) is 5.82 Å². The van der Waals surface area contributed by atoms with E-state index in [9.17, 15) is 9.18 Å². The van der Waals surface area contributed by atoms with Crippen LogP contribution in [0.15, 0.2) is 18.2 Å². The Morgan fingerprint density at radius 2 is 2.13 bits per heavy atom. The minimum atomic E-state index is -0.660. The van der Waals surface area contributed by atoms with E-state index in [0.717, 1.165) is 5.56 Å². The van der Waals surface area contributed by atoms with Crippen molar-refractivity contribution >= 4 is 5.97 Å². The molecule has 15 heavy (non-hydrogen) atoms. The monoisotopic (exact) mass is 212 g/mol. The fraction of sp³-hybridized carbons (Fsp3) is 0.364. The van der Waals surface area contributed by atoms with E-state index in [1.165, 1.54) is 19.2 Å². The lowest BCUT2D eigenvalue weighted by Gasteiger charge is -2.04. The summed E-state index contributed by atoms with van der Waals surface area (Å²) in [5.41, 5.74) is 0.810. The molecule has 0 saturated carbocycles. The van der Waals surface area contributed by atoms with Crippen LogP contribution in [0.25, 0.3) is 0 Å². The normalized spacial score (nSPS) is 10.1. The Morgan fingerprint density at radius 3 is 2.73 bits per heavy atom. The molecule has 4 heteroatoms. The molecule has 0 aliphatic carbocycles. The molecule has 0 fully saturated rings. The molecule has 0 N–H and O–H groups in total. The third kappa shape index (κ3) is 3.02. The molecule has 0 saturated heterocycles. The van der Waals surface area contributed by atoms with E-state index < -0.39 is 11.8 Å². The topological polar surface area (TPSA) is 35.5 Å². The van der Waals surface area contributed by atoms with Crippen molar-refractivity contribution in [2.45, 2.75) is 6.42 Å². The van der Waals surface area contributed by atoms with Gasteiger partial charge >= 0.3 is 5.97 Å². The zero-order chi connectivity index (χ0) is 11.3. The zero-order valence-electron chi connectivity index (χ0n) is 8.75. The van der Waals surface area contributed by atoms with Crippen LogP contribution in [0.5, 0.6) is 0 Å². The van der Waals surface area contributed by atoms with Crippen molar-refractivity contribution in [3.63, 3.8) is 0 Å². The standard InChI is InChI=1S/C11H13FO3/c1-14-6-5-8-3-4-10(12)9(7-8)11(13)15-2/h3-4,7H,5-6H2,1-2H3. The van der Waals surface area contributed by atoms with Gasteiger partial charge in [0.2, 0.25) is 0 Å². The van der Waals surface area contributed by atoms with Gasteiger partial charge in [0, 0.05) is 7.11 Å². The van der Waals surface area contributed by atoms with E-state index in [2.05, 4.69) is 4.74 Å². The molecule has 1 aromatic rings. The third-order valence-electron chi connectivity index (χ3n) is 2.03. The van der Waals surface area contributed by atoms with Crippen molar-refractivity contribution < 1.29 is 18.7 Å². The number of benzene rings is 1. The number of halogens is 1. The summed E-state index contributed by atoms with van der Waals surface area (Å²) in [6, 6.07) is 4.37. The number of hydrogen-bond acceptors (Lipinski definition) is 3. The van der Waals surface area contributed by atoms with Gasteiger partial charge in [-0.25, -0.2) is 9.18 Å². The summed E-state index contributed by atoms with van der Waals surface area (Å²) in [6.07, 6.45) is 0.640. The van der Waals surface area contributed by atoms with Gasteiger partial charge in [0.1, 0.15) is 5.82 Å². The number of carbonyl (C=O) groups is 1. The van der Waals surface area contributed by atoms with Crippen LogP contribution < -0.4 is 0 Å². The summed E-state index contributed by atoms with van der Waals surface area (Å²) in [7, 11) is 2.81. The van der Waals surface area contributed by atoms with Crippen LogP contribution in [0.4, 0.5) is 4.39 Å². The molecule has 1 rings (SSSR count). The van der Waals surface area contributed by atoms with Crippen molar-refractivity contribution in [1.29, 1.82) is 0 Å². The van der Waals surface area contributed by atoms with Crippen LogP contribution >= 0.6 is 0 Å². The first kappa shape index (κ1) is 11.7. The summed E-state index contributed by atoms with van der Waals surface area (Å²) in [4.78, 5) is 11.2. The molecule has 0 amide bonds. The van der Waals surface area contributed by atoms with Crippen molar-refractivity contribution in [1.82, 2.24) is 0 Å². The average Bonchev–Trinajstić information content (AvgIpc) is 2.27. The van der Waals surface area contributed by atoms with Gasteiger partial charge in [0.25, 0.3) is 0 Å². The molecule has 1 aromatic carbocycles. The first-order chi connectivity index (χ1) is 7.19. The number of carbonyl (C=O) groups excluding carboxylic acids is 1. The minimum Gasteiger partial charge on any atom is -0.465 e.